The van der Waals surface area contributed by atoms with Gasteiger partial charge in [0.25, 0.3) is 0 Å². The van der Waals surface area contributed by atoms with Crippen LogP contribution in [0.1, 0.15) is 6.42 Å². The van der Waals surface area contributed by atoms with Crippen molar-refractivity contribution in [2.75, 3.05) is 0 Å². The molecule has 0 aromatic rings. The Hall–Kier alpha value is -0.310. The number of halogens is 1. The fourth-order valence-electron chi connectivity index (χ4n) is 0.780. The molecule has 0 aromatic carbocycles. The third-order valence-electron chi connectivity index (χ3n) is 1.35. The maximum atomic E-state index is 10.5. The molecule has 1 rings (SSSR count). The first-order valence-electron chi connectivity index (χ1n) is 2.81. The number of rotatable bonds is 2. The van der Waals surface area contributed by atoms with Gasteiger partial charge in [-0.05, 0) is 6.42 Å². The molecule has 1 aliphatic rings. The molecule has 1 aliphatic heterocycles. The minimum atomic E-state index is 0.00972. The minimum Gasteiger partial charge on any atom is -0.350 e. The zero-order chi connectivity index (χ0) is 6.85. The van der Waals surface area contributed by atoms with Crippen LogP contribution in [-0.2, 0) is 4.79 Å². The molecule has 1 heterocycles. The van der Waals surface area contributed by atoms with Crippen molar-refractivity contribution in [3.63, 3.8) is 0 Å². The predicted octanol–water partition coefficient (Wildman–Crippen LogP) is 0.824. The van der Waals surface area contributed by atoms with E-state index >= 15 is 0 Å². The standard InChI is InChI=1S/C6H8BrNO/c1-2-3-4-5(7)6(9)8-4/h2,4-5H,1,3H2,(H,8,9)/t4-,5+/m0/s1. The summed E-state index contributed by atoms with van der Waals surface area (Å²) in [7, 11) is 0. The van der Waals surface area contributed by atoms with Gasteiger partial charge in [-0.25, -0.2) is 0 Å². The average Bonchev–Trinajstić information content (AvgIpc) is 1.88. The monoisotopic (exact) mass is 189 g/mol. The van der Waals surface area contributed by atoms with Gasteiger partial charge in [0.15, 0.2) is 0 Å². The van der Waals surface area contributed by atoms with Gasteiger partial charge in [0.2, 0.25) is 5.91 Å². The molecule has 2 atom stereocenters. The summed E-state index contributed by atoms with van der Waals surface area (Å²) in [4.78, 5) is 10.5. The van der Waals surface area contributed by atoms with Gasteiger partial charge >= 0.3 is 0 Å². The fraction of sp³-hybridized carbons (Fsp3) is 0.500. The lowest BCUT2D eigenvalue weighted by Gasteiger charge is -2.31. The maximum Gasteiger partial charge on any atom is 0.236 e. The number of β-lactam (4-membered cyclic amide) rings is 1. The zero-order valence-electron chi connectivity index (χ0n) is 4.93. The van der Waals surface area contributed by atoms with Crippen LogP contribution < -0.4 is 5.32 Å². The predicted molar refractivity (Wildman–Crippen MR) is 39.5 cm³/mol. The van der Waals surface area contributed by atoms with Crippen LogP contribution in [0.2, 0.25) is 0 Å². The Balaban J connectivity index is 2.32. The van der Waals surface area contributed by atoms with Crippen molar-refractivity contribution in [3.8, 4) is 0 Å². The lowest BCUT2D eigenvalue weighted by Crippen LogP contribution is -2.58. The molecule has 0 aromatic heterocycles. The van der Waals surface area contributed by atoms with Crippen LogP contribution in [0.3, 0.4) is 0 Å². The normalized spacial score (nSPS) is 32.8. The average molecular weight is 190 g/mol. The van der Waals surface area contributed by atoms with Gasteiger partial charge in [-0.3, -0.25) is 4.79 Å². The van der Waals surface area contributed by atoms with Crippen molar-refractivity contribution < 1.29 is 4.79 Å². The molecule has 0 aliphatic carbocycles. The Morgan fingerprint density at radius 2 is 2.56 bits per heavy atom. The molecule has 1 N–H and O–H groups in total. The van der Waals surface area contributed by atoms with Crippen LogP contribution in [0.4, 0.5) is 0 Å². The Kier molecular flexibility index (Phi) is 1.90. The van der Waals surface area contributed by atoms with Gasteiger partial charge in [-0.1, -0.05) is 22.0 Å². The molecular formula is C6H8BrNO. The second-order valence-corrected chi connectivity index (χ2v) is 3.03. The Labute approximate surface area is 62.4 Å². The molecule has 0 radical (unpaired) electrons. The number of amides is 1. The second kappa shape index (κ2) is 2.52. The van der Waals surface area contributed by atoms with E-state index in [1.807, 2.05) is 0 Å². The minimum absolute atomic E-state index is 0.00972. The SMILES string of the molecule is C=CC[C@@H]1NC(=O)[C@@H]1Br. The lowest BCUT2D eigenvalue weighted by molar-refractivity contribution is -0.126. The molecule has 0 bridgehead atoms. The van der Waals surface area contributed by atoms with Crippen LogP contribution in [0.25, 0.3) is 0 Å². The van der Waals surface area contributed by atoms with Gasteiger partial charge in [-0.2, -0.15) is 0 Å². The van der Waals surface area contributed by atoms with Gasteiger partial charge in [0.1, 0.15) is 4.83 Å². The van der Waals surface area contributed by atoms with Gasteiger partial charge in [0, 0.05) is 0 Å². The number of carbonyl (C=O) groups excluding carboxylic acids is 1. The molecule has 2 nitrogen and oxygen atoms in total. The molecule has 3 heteroatoms. The third-order valence-corrected chi connectivity index (χ3v) is 2.41. The molecule has 1 amide bonds. The summed E-state index contributed by atoms with van der Waals surface area (Å²) in [5.74, 6) is 0.0850. The quantitative estimate of drug-likeness (QED) is 0.390. The van der Waals surface area contributed by atoms with Gasteiger partial charge < -0.3 is 5.32 Å². The fourth-order valence-corrected chi connectivity index (χ4v) is 1.26. The van der Waals surface area contributed by atoms with E-state index in [0.29, 0.717) is 0 Å². The highest BCUT2D eigenvalue weighted by atomic mass is 79.9. The van der Waals surface area contributed by atoms with Crippen LogP contribution >= 0.6 is 15.9 Å². The van der Waals surface area contributed by atoms with Crippen LogP contribution in [-0.4, -0.2) is 16.8 Å². The van der Waals surface area contributed by atoms with E-state index < -0.39 is 0 Å². The van der Waals surface area contributed by atoms with E-state index in [2.05, 4.69) is 27.8 Å². The molecule has 1 saturated heterocycles. The molecule has 0 unspecified atom stereocenters. The maximum absolute atomic E-state index is 10.5. The lowest BCUT2D eigenvalue weighted by atomic mass is 10.0. The molecule has 0 saturated carbocycles. The van der Waals surface area contributed by atoms with Crippen molar-refractivity contribution in [2.45, 2.75) is 17.3 Å². The number of hydrogen-bond acceptors (Lipinski definition) is 1. The number of nitrogens with one attached hydrogen (secondary N) is 1. The summed E-state index contributed by atoms with van der Waals surface area (Å²) in [6.07, 6.45) is 2.65. The summed E-state index contributed by atoms with van der Waals surface area (Å²) < 4.78 is 0. The highest BCUT2D eigenvalue weighted by molar-refractivity contribution is 9.10. The van der Waals surface area contributed by atoms with Crippen LogP contribution in [0.5, 0.6) is 0 Å². The molecular weight excluding hydrogens is 182 g/mol. The number of alkyl halides is 1. The zero-order valence-corrected chi connectivity index (χ0v) is 6.52. The molecule has 9 heavy (non-hydrogen) atoms. The van der Waals surface area contributed by atoms with E-state index in [-0.39, 0.29) is 16.8 Å². The molecule has 50 valence electrons. The summed E-state index contributed by atoms with van der Waals surface area (Å²) >= 11 is 3.23. The largest absolute Gasteiger partial charge is 0.350 e. The van der Waals surface area contributed by atoms with Gasteiger partial charge in [-0.15, -0.1) is 6.58 Å². The summed E-state index contributed by atoms with van der Waals surface area (Å²) in [6.45, 7) is 3.57. The van der Waals surface area contributed by atoms with Crippen molar-refractivity contribution >= 4 is 21.8 Å². The third kappa shape index (κ3) is 1.15. The van der Waals surface area contributed by atoms with E-state index in [9.17, 15) is 4.79 Å². The van der Waals surface area contributed by atoms with Crippen molar-refractivity contribution in [2.24, 2.45) is 0 Å². The Bertz CT molecular complexity index is 144. The molecule has 0 spiro atoms. The summed E-state index contributed by atoms with van der Waals surface area (Å²) in [6, 6.07) is 0.273. The Morgan fingerprint density at radius 3 is 2.89 bits per heavy atom. The topological polar surface area (TPSA) is 29.1 Å². The highest BCUT2D eigenvalue weighted by Gasteiger charge is 2.35. The van der Waals surface area contributed by atoms with E-state index in [1.165, 1.54) is 0 Å². The van der Waals surface area contributed by atoms with E-state index in [4.69, 9.17) is 0 Å². The first kappa shape index (κ1) is 6.81. The number of hydrogen-bond donors (Lipinski definition) is 1. The smallest absolute Gasteiger partial charge is 0.236 e. The number of carbonyl (C=O) groups is 1. The first-order valence-corrected chi connectivity index (χ1v) is 3.72. The summed E-state index contributed by atoms with van der Waals surface area (Å²) in [5, 5.41) is 2.74. The van der Waals surface area contributed by atoms with Crippen molar-refractivity contribution in [1.82, 2.24) is 5.32 Å². The highest BCUT2D eigenvalue weighted by Crippen LogP contribution is 2.18. The second-order valence-electron chi connectivity index (χ2n) is 2.04. The van der Waals surface area contributed by atoms with Gasteiger partial charge in [0.05, 0.1) is 6.04 Å². The van der Waals surface area contributed by atoms with Crippen LogP contribution in [0, 0.1) is 0 Å². The Morgan fingerprint density at radius 1 is 1.89 bits per heavy atom. The van der Waals surface area contributed by atoms with Crippen molar-refractivity contribution in [1.29, 1.82) is 0 Å². The summed E-state index contributed by atoms with van der Waals surface area (Å²) in [5.41, 5.74) is 0. The molecule has 1 fully saturated rings. The van der Waals surface area contributed by atoms with E-state index in [0.717, 1.165) is 6.42 Å². The van der Waals surface area contributed by atoms with E-state index in [1.54, 1.807) is 6.08 Å². The first-order chi connectivity index (χ1) is 4.25. The van der Waals surface area contributed by atoms with Crippen LogP contribution in [0.15, 0.2) is 12.7 Å². The van der Waals surface area contributed by atoms with Crippen molar-refractivity contribution in [3.05, 3.63) is 12.7 Å².